The van der Waals surface area contributed by atoms with Gasteiger partial charge in [0.05, 0.1) is 18.3 Å². The summed E-state index contributed by atoms with van der Waals surface area (Å²) >= 11 is 0. The highest BCUT2D eigenvalue weighted by molar-refractivity contribution is 5.90. The lowest BCUT2D eigenvalue weighted by Gasteiger charge is -2.33. The van der Waals surface area contributed by atoms with Crippen molar-refractivity contribution in [2.24, 2.45) is 5.92 Å². The number of likely N-dealkylation sites (tertiary alicyclic amines) is 1. The lowest BCUT2D eigenvalue weighted by Crippen LogP contribution is -2.45. The molecule has 1 fully saturated rings. The van der Waals surface area contributed by atoms with Gasteiger partial charge in [0.25, 0.3) is 0 Å². The van der Waals surface area contributed by atoms with E-state index in [0.29, 0.717) is 12.4 Å². The molecule has 0 bridgehead atoms. The third-order valence-electron chi connectivity index (χ3n) is 3.20. The minimum atomic E-state index is -0.249. The zero-order valence-corrected chi connectivity index (χ0v) is 10.7. The first-order valence-electron chi connectivity index (χ1n) is 6.18. The number of aliphatic hydroxyl groups excluding tert-OH is 1. The molecule has 1 aliphatic rings. The van der Waals surface area contributed by atoms with E-state index in [-0.39, 0.29) is 17.9 Å². The molecule has 2 unspecified atom stereocenters. The zero-order chi connectivity index (χ0) is 13.1. The molecule has 2 atom stereocenters. The van der Waals surface area contributed by atoms with Gasteiger partial charge in [-0.3, -0.25) is 15.0 Å². The van der Waals surface area contributed by atoms with E-state index in [1.54, 1.807) is 13.0 Å². The molecule has 1 aromatic rings. The van der Waals surface area contributed by atoms with Crippen molar-refractivity contribution in [2.75, 3.05) is 25.0 Å². The van der Waals surface area contributed by atoms with Crippen molar-refractivity contribution < 1.29 is 14.4 Å². The number of amides is 1. The van der Waals surface area contributed by atoms with Gasteiger partial charge in [0.2, 0.25) is 11.8 Å². The predicted octanol–water partition coefficient (Wildman–Crippen LogP) is 0.624. The summed E-state index contributed by atoms with van der Waals surface area (Å²) in [5, 5.41) is 16.0. The van der Waals surface area contributed by atoms with E-state index in [4.69, 9.17) is 4.52 Å². The van der Waals surface area contributed by atoms with E-state index >= 15 is 0 Å². The van der Waals surface area contributed by atoms with E-state index in [1.165, 1.54) is 0 Å². The van der Waals surface area contributed by atoms with Crippen LogP contribution in [0.25, 0.3) is 0 Å². The fourth-order valence-corrected chi connectivity index (χ4v) is 2.17. The maximum atomic E-state index is 11.8. The van der Waals surface area contributed by atoms with Gasteiger partial charge in [-0.05, 0) is 19.3 Å². The molecule has 1 aromatic heterocycles. The number of nitrogens with zero attached hydrogens (tertiary/aromatic N) is 2. The highest BCUT2D eigenvalue weighted by atomic mass is 16.5. The molecule has 0 aliphatic carbocycles. The summed E-state index contributed by atoms with van der Waals surface area (Å²) in [4.78, 5) is 13.8. The molecule has 1 saturated heterocycles. The maximum Gasteiger partial charge on any atom is 0.240 e. The number of piperidine rings is 1. The summed E-state index contributed by atoms with van der Waals surface area (Å²) in [7, 11) is 0. The quantitative estimate of drug-likeness (QED) is 0.825. The van der Waals surface area contributed by atoms with Crippen molar-refractivity contribution in [3.63, 3.8) is 0 Å². The molecule has 0 spiro atoms. The molecular formula is C12H19N3O3. The summed E-state index contributed by atoms with van der Waals surface area (Å²) in [6, 6.07) is 1.68. The molecule has 18 heavy (non-hydrogen) atoms. The zero-order valence-electron chi connectivity index (χ0n) is 10.7. The van der Waals surface area contributed by atoms with Crippen molar-refractivity contribution in [3.8, 4) is 0 Å². The molecule has 0 aromatic carbocycles. The van der Waals surface area contributed by atoms with Gasteiger partial charge >= 0.3 is 0 Å². The Bertz CT molecular complexity index is 418. The Balaban J connectivity index is 1.81. The lowest BCUT2D eigenvalue weighted by atomic mass is 9.97. The number of aliphatic hydroxyl groups is 1. The summed E-state index contributed by atoms with van der Waals surface area (Å²) in [5.41, 5.74) is 0.736. The van der Waals surface area contributed by atoms with E-state index in [0.717, 1.165) is 25.2 Å². The highest BCUT2D eigenvalue weighted by Crippen LogP contribution is 2.16. The van der Waals surface area contributed by atoms with Crippen molar-refractivity contribution in [1.82, 2.24) is 10.1 Å². The van der Waals surface area contributed by atoms with Crippen LogP contribution in [0.1, 0.15) is 19.0 Å². The topological polar surface area (TPSA) is 78.6 Å². The Labute approximate surface area is 106 Å². The number of hydrogen-bond acceptors (Lipinski definition) is 5. The molecule has 2 rings (SSSR count). The number of aromatic nitrogens is 1. The van der Waals surface area contributed by atoms with Gasteiger partial charge in [0.15, 0.2) is 0 Å². The van der Waals surface area contributed by atoms with Crippen LogP contribution in [0.5, 0.6) is 0 Å². The van der Waals surface area contributed by atoms with Gasteiger partial charge in [-0.1, -0.05) is 12.1 Å². The molecule has 100 valence electrons. The minimum Gasteiger partial charge on any atom is -0.393 e. The van der Waals surface area contributed by atoms with Crippen molar-refractivity contribution in [2.45, 2.75) is 26.4 Å². The smallest absolute Gasteiger partial charge is 0.240 e. The number of rotatable bonds is 3. The van der Waals surface area contributed by atoms with Crippen LogP contribution in [0.3, 0.4) is 0 Å². The van der Waals surface area contributed by atoms with Gasteiger partial charge in [0.1, 0.15) is 0 Å². The number of hydrogen-bond donors (Lipinski definition) is 2. The third-order valence-corrected chi connectivity index (χ3v) is 3.20. The Hall–Kier alpha value is -1.40. The van der Waals surface area contributed by atoms with E-state index in [1.807, 2.05) is 11.8 Å². The Morgan fingerprint density at radius 1 is 1.72 bits per heavy atom. The summed E-state index contributed by atoms with van der Waals surface area (Å²) in [5.74, 6) is 0.469. The number of carbonyl (C=O) groups excluding carboxylic acids is 1. The van der Waals surface area contributed by atoms with Crippen molar-refractivity contribution in [3.05, 3.63) is 11.8 Å². The van der Waals surface area contributed by atoms with Crippen LogP contribution < -0.4 is 5.32 Å². The lowest BCUT2D eigenvalue weighted by molar-refractivity contribution is -0.118. The fourth-order valence-electron chi connectivity index (χ4n) is 2.17. The predicted molar refractivity (Wildman–Crippen MR) is 66.1 cm³/mol. The van der Waals surface area contributed by atoms with E-state index < -0.39 is 0 Å². The minimum absolute atomic E-state index is 0.116. The van der Waals surface area contributed by atoms with Gasteiger partial charge < -0.3 is 9.63 Å². The normalized spacial score (nSPS) is 25.1. The Morgan fingerprint density at radius 2 is 2.50 bits per heavy atom. The van der Waals surface area contributed by atoms with Crippen LogP contribution in [0.2, 0.25) is 0 Å². The number of aryl methyl sites for hydroxylation is 1. The standard InChI is InChI=1S/C12H19N3O3/c1-8-6-15(4-3-10(8)16)7-11(17)13-12-5-9(2)14-18-12/h5,8,10,16H,3-4,6-7H2,1-2H3,(H,13,17). The second-order valence-electron chi connectivity index (χ2n) is 4.95. The highest BCUT2D eigenvalue weighted by Gasteiger charge is 2.25. The van der Waals surface area contributed by atoms with E-state index in [9.17, 15) is 9.90 Å². The Kier molecular flexibility index (Phi) is 3.98. The van der Waals surface area contributed by atoms with Gasteiger partial charge in [0, 0.05) is 19.2 Å². The first kappa shape index (κ1) is 13.0. The molecule has 0 radical (unpaired) electrons. The third kappa shape index (κ3) is 3.30. The molecule has 0 saturated carbocycles. The van der Waals surface area contributed by atoms with Crippen LogP contribution in [0, 0.1) is 12.8 Å². The molecule has 1 amide bonds. The summed E-state index contributed by atoms with van der Waals surface area (Å²) in [6.45, 7) is 5.59. The molecule has 1 aliphatic heterocycles. The summed E-state index contributed by atoms with van der Waals surface area (Å²) in [6.07, 6.45) is 0.469. The van der Waals surface area contributed by atoms with Crippen LogP contribution in [-0.4, -0.2) is 46.8 Å². The molecule has 6 nitrogen and oxygen atoms in total. The van der Waals surface area contributed by atoms with Gasteiger partial charge in [-0.2, -0.15) is 0 Å². The number of carbonyl (C=O) groups is 1. The number of nitrogens with one attached hydrogen (secondary N) is 1. The molecular weight excluding hydrogens is 234 g/mol. The molecule has 2 heterocycles. The fraction of sp³-hybridized carbons (Fsp3) is 0.667. The second-order valence-corrected chi connectivity index (χ2v) is 4.95. The average Bonchev–Trinajstić information content (AvgIpc) is 2.69. The second kappa shape index (κ2) is 5.49. The van der Waals surface area contributed by atoms with Gasteiger partial charge in [-0.15, -0.1) is 0 Å². The molecule has 6 heteroatoms. The maximum absolute atomic E-state index is 11.8. The van der Waals surface area contributed by atoms with Crippen molar-refractivity contribution >= 4 is 11.8 Å². The first-order chi connectivity index (χ1) is 8.54. The van der Waals surface area contributed by atoms with Gasteiger partial charge in [-0.25, -0.2) is 0 Å². The average molecular weight is 253 g/mol. The first-order valence-corrected chi connectivity index (χ1v) is 6.18. The van der Waals surface area contributed by atoms with Crippen LogP contribution in [-0.2, 0) is 4.79 Å². The van der Waals surface area contributed by atoms with Crippen LogP contribution in [0.4, 0.5) is 5.88 Å². The van der Waals surface area contributed by atoms with Crippen molar-refractivity contribution in [1.29, 1.82) is 0 Å². The molecule has 2 N–H and O–H groups in total. The van der Waals surface area contributed by atoms with Crippen LogP contribution in [0.15, 0.2) is 10.6 Å². The largest absolute Gasteiger partial charge is 0.393 e. The van der Waals surface area contributed by atoms with Crippen LogP contribution >= 0.6 is 0 Å². The Morgan fingerprint density at radius 3 is 3.11 bits per heavy atom. The number of anilines is 1. The summed E-state index contributed by atoms with van der Waals surface area (Å²) < 4.78 is 4.92. The monoisotopic (exact) mass is 253 g/mol. The van der Waals surface area contributed by atoms with E-state index in [2.05, 4.69) is 10.5 Å². The SMILES string of the molecule is Cc1cc(NC(=O)CN2CCC(O)C(C)C2)on1.